The SMILES string of the molecule is O=C(c1cc(Br)ccc1Cl)N1CCCC(c2nc3ccccc3s2)C1. The molecule has 6 heteroatoms. The summed E-state index contributed by atoms with van der Waals surface area (Å²) >= 11 is 11.4. The Morgan fingerprint density at radius 1 is 1.28 bits per heavy atom. The number of rotatable bonds is 2. The molecule has 1 amide bonds. The molecule has 2 aromatic carbocycles. The highest BCUT2D eigenvalue weighted by molar-refractivity contribution is 9.10. The fourth-order valence-electron chi connectivity index (χ4n) is 3.26. The number of para-hydroxylation sites is 1. The maximum Gasteiger partial charge on any atom is 0.255 e. The largest absolute Gasteiger partial charge is 0.338 e. The number of benzene rings is 2. The van der Waals surface area contributed by atoms with Crippen molar-refractivity contribution in [2.75, 3.05) is 13.1 Å². The smallest absolute Gasteiger partial charge is 0.255 e. The zero-order valence-electron chi connectivity index (χ0n) is 13.4. The Morgan fingerprint density at radius 3 is 2.96 bits per heavy atom. The predicted octanol–water partition coefficient (Wildman–Crippen LogP) is 5.73. The van der Waals surface area contributed by atoms with Gasteiger partial charge in [0.15, 0.2) is 0 Å². The van der Waals surface area contributed by atoms with Crippen molar-refractivity contribution in [2.24, 2.45) is 0 Å². The van der Waals surface area contributed by atoms with Crippen LogP contribution in [0.4, 0.5) is 0 Å². The third kappa shape index (κ3) is 3.46. The molecule has 128 valence electrons. The summed E-state index contributed by atoms with van der Waals surface area (Å²) in [5.74, 6) is 0.290. The molecule has 0 N–H and O–H groups in total. The monoisotopic (exact) mass is 434 g/mol. The zero-order chi connectivity index (χ0) is 17.4. The van der Waals surface area contributed by atoms with E-state index in [2.05, 4.69) is 22.0 Å². The number of fused-ring (bicyclic) bond motifs is 1. The zero-order valence-corrected chi connectivity index (χ0v) is 16.6. The van der Waals surface area contributed by atoms with Crippen molar-refractivity contribution in [2.45, 2.75) is 18.8 Å². The van der Waals surface area contributed by atoms with Gasteiger partial charge in [-0.25, -0.2) is 4.98 Å². The first-order valence-corrected chi connectivity index (χ1v) is 10.2. The lowest BCUT2D eigenvalue weighted by Gasteiger charge is -2.32. The van der Waals surface area contributed by atoms with E-state index in [0.29, 0.717) is 23.0 Å². The highest BCUT2D eigenvalue weighted by Gasteiger charge is 2.28. The molecule has 25 heavy (non-hydrogen) atoms. The Kier molecular flexibility index (Phi) is 4.80. The van der Waals surface area contributed by atoms with Gasteiger partial charge in [0.25, 0.3) is 5.91 Å². The van der Waals surface area contributed by atoms with Gasteiger partial charge in [-0.15, -0.1) is 11.3 Å². The number of halogens is 2. The first-order valence-electron chi connectivity index (χ1n) is 8.21. The van der Waals surface area contributed by atoms with Crippen LogP contribution in [0.25, 0.3) is 10.2 Å². The standard InChI is InChI=1S/C19H16BrClN2OS/c20-13-7-8-15(21)14(10-13)19(24)23-9-3-4-12(11-23)18-22-16-5-1-2-6-17(16)25-18/h1-2,5-8,10,12H,3-4,9,11H2. The second-order valence-electron chi connectivity index (χ2n) is 6.23. The van der Waals surface area contributed by atoms with Gasteiger partial charge in [0.1, 0.15) is 0 Å². The Balaban J connectivity index is 1.58. The first kappa shape index (κ1) is 17.0. The number of aromatic nitrogens is 1. The van der Waals surface area contributed by atoms with E-state index in [4.69, 9.17) is 16.6 Å². The molecule has 0 radical (unpaired) electrons. The predicted molar refractivity (Wildman–Crippen MR) is 107 cm³/mol. The molecule has 3 aromatic rings. The molecular formula is C19H16BrClN2OS. The van der Waals surface area contributed by atoms with E-state index in [-0.39, 0.29) is 5.91 Å². The average Bonchev–Trinajstić information content (AvgIpc) is 3.07. The van der Waals surface area contributed by atoms with E-state index in [1.807, 2.05) is 29.2 Å². The Morgan fingerprint density at radius 2 is 2.12 bits per heavy atom. The van der Waals surface area contributed by atoms with Gasteiger partial charge in [0, 0.05) is 23.5 Å². The molecule has 1 fully saturated rings. The Bertz CT molecular complexity index is 909. The van der Waals surface area contributed by atoms with E-state index in [0.717, 1.165) is 34.4 Å². The van der Waals surface area contributed by atoms with Crippen molar-refractivity contribution in [1.29, 1.82) is 0 Å². The third-order valence-electron chi connectivity index (χ3n) is 4.53. The summed E-state index contributed by atoms with van der Waals surface area (Å²) in [7, 11) is 0. The van der Waals surface area contributed by atoms with E-state index < -0.39 is 0 Å². The maximum absolute atomic E-state index is 12.9. The molecule has 3 nitrogen and oxygen atoms in total. The van der Waals surface area contributed by atoms with Crippen LogP contribution in [0.2, 0.25) is 5.02 Å². The summed E-state index contributed by atoms with van der Waals surface area (Å²) in [5.41, 5.74) is 1.60. The van der Waals surface area contributed by atoms with E-state index in [9.17, 15) is 4.79 Å². The van der Waals surface area contributed by atoms with Crippen LogP contribution >= 0.6 is 38.9 Å². The van der Waals surface area contributed by atoms with Gasteiger partial charge in [-0.1, -0.05) is 39.7 Å². The van der Waals surface area contributed by atoms with Crippen molar-refractivity contribution >= 4 is 55.0 Å². The van der Waals surface area contributed by atoms with Gasteiger partial charge in [-0.3, -0.25) is 4.79 Å². The van der Waals surface area contributed by atoms with Crippen molar-refractivity contribution in [3.63, 3.8) is 0 Å². The minimum absolute atomic E-state index is 0.00267. The highest BCUT2D eigenvalue weighted by Crippen LogP contribution is 2.34. The number of piperidine rings is 1. The van der Waals surface area contributed by atoms with E-state index in [1.165, 1.54) is 4.70 Å². The molecule has 1 aliphatic heterocycles. The van der Waals surface area contributed by atoms with Gasteiger partial charge in [-0.05, 0) is 43.2 Å². The van der Waals surface area contributed by atoms with Crippen molar-refractivity contribution in [3.05, 3.63) is 62.5 Å². The summed E-state index contributed by atoms with van der Waals surface area (Å²) in [4.78, 5) is 19.6. The van der Waals surface area contributed by atoms with Crippen LogP contribution in [0.15, 0.2) is 46.9 Å². The number of amides is 1. The molecule has 0 saturated carbocycles. The molecule has 0 bridgehead atoms. The van der Waals surface area contributed by atoms with E-state index in [1.54, 1.807) is 23.5 Å². The summed E-state index contributed by atoms with van der Waals surface area (Å²) < 4.78 is 2.07. The number of hydrogen-bond donors (Lipinski definition) is 0. The molecule has 1 aromatic heterocycles. The summed E-state index contributed by atoms with van der Waals surface area (Å²) in [6.07, 6.45) is 2.05. The quantitative estimate of drug-likeness (QED) is 0.515. The lowest BCUT2D eigenvalue weighted by Crippen LogP contribution is -2.39. The van der Waals surface area contributed by atoms with Crippen molar-refractivity contribution in [3.8, 4) is 0 Å². The lowest BCUT2D eigenvalue weighted by atomic mass is 9.98. The second-order valence-corrected chi connectivity index (χ2v) is 8.62. The second kappa shape index (κ2) is 7.06. The highest BCUT2D eigenvalue weighted by atomic mass is 79.9. The normalized spacial score (nSPS) is 17.8. The molecule has 1 unspecified atom stereocenters. The molecule has 1 atom stereocenters. The summed E-state index contributed by atoms with van der Waals surface area (Å²) in [6.45, 7) is 1.46. The molecule has 0 aliphatic carbocycles. The number of likely N-dealkylation sites (tertiary alicyclic amines) is 1. The number of carbonyl (C=O) groups excluding carboxylic acids is 1. The molecule has 1 saturated heterocycles. The van der Waals surface area contributed by atoms with Gasteiger partial charge in [0.2, 0.25) is 0 Å². The van der Waals surface area contributed by atoms with Crippen LogP contribution in [-0.2, 0) is 0 Å². The van der Waals surface area contributed by atoms with Crippen LogP contribution in [0.3, 0.4) is 0 Å². The van der Waals surface area contributed by atoms with Crippen LogP contribution in [-0.4, -0.2) is 28.9 Å². The van der Waals surface area contributed by atoms with Crippen molar-refractivity contribution < 1.29 is 4.79 Å². The number of nitrogens with zero attached hydrogens (tertiary/aromatic N) is 2. The Hall–Kier alpha value is -1.43. The molecular weight excluding hydrogens is 420 g/mol. The summed E-state index contributed by atoms with van der Waals surface area (Å²) in [5, 5.41) is 1.62. The third-order valence-corrected chi connectivity index (χ3v) is 6.55. The maximum atomic E-state index is 12.9. The molecule has 4 rings (SSSR count). The van der Waals surface area contributed by atoms with E-state index >= 15 is 0 Å². The minimum atomic E-state index is -0.00267. The van der Waals surface area contributed by atoms with Crippen molar-refractivity contribution in [1.82, 2.24) is 9.88 Å². The lowest BCUT2D eigenvalue weighted by molar-refractivity contribution is 0.0707. The Labute approximate surface area is 163 Å². The molecule has 1 aliphatic rings. The summed E-state index contributed by atoms with van der Waals surface area (Å²) in [6, 6.07) is 13.6. The fraction of sp³-hybridized carbons (Fsp3) is 0.263. The topological polar surface area (TPSA) is 33.2 Å². The fourth-order valence-corrected chi connectivity index (χ4v) is 4.91. The van der Waals surface area contributed by atoms with Crippen LogP contribution < -0.4 is 0 Å². The van der Waals surface area contributed by atoms with Gasteiger partial charge in [-0.2, -0.15) is 0 Å². The number of carbonyl (C=O) groups is 1. The van der Waals surface area contributed by atoms with Crippen LogP contribution in [0.5, 0.6) is 0 Å². The van der Waals surface area contributed by atoms with Crippen LogP contribution in [0.1, 0.15) is 34.1 Å². The average molecular weight is 436 g/mol. The molecule has 0 spiro atoms. The van der Waals surface area contributed by atoms with Gasteiger partial charge >= 0.3 is 0 Å². The van der Waals surface area contributed by atoms with Crippen LogP contribution in [0, 0.1) is 0 Å². The van der Waals surface area contributed by atoms with Gasteiger partial charge < -0.3 is 4.90 Å². The number of hydrogen-bond acceptors (Lipinski definition) is 3. The van der Waals surface area contributed by atoms with Gasteiger partial charge in [0.05, 0.1) is 25.8 Å². The first-order chi connectivity index (χ1) is 12.1. The minimum Gasteiger partial charge on any atom is -0.338 e. The molecule has 2 heterocycles. The number of thiazole rings is 1.